The van der Waals surface area contributed by atoms with Gasteiger partial charge in [0.05, 0.1) is 21.5 Å². The summed E-state index contributed by atoms with van der Waals surface area (Å²) in [4.78, 5) is 16.3. The van der Waals surface area contributed by atoms with E-state index in [9.17, 15) is 22.0 Å². The molecule has 0 spiro atoms. The van der Waals surface area contributed by atoms with Gasteiger partial charge < -0.3 is 4.74 Å². The Morgan fingerprint density at radius 1 is 1.18 bits per heavy atom. The molecule has 0 fully saturated rings. The van der Waals surface area contributed by atoms with Crippen molar-refractivity contribution in [2.75, 3.05) is 14.1 Å². The number of para-hydroxylation sites is 2. The topological polar surface area (TPSA) is 81.5 Å². The summed E-state index contributed by atoms with van der Waals surface area (Å²) < 4.78 is 58.0. The number of ether oxygens (including phenoxy) is 1. The van der Waals surface area contributed by atoms with Gasteiger partial charge in [0.1, 0.15) is 6.61 Å². The molecular formula is C18H17F2N3O4S. The molecule has 28 heavy (non-hydrogen) atoms. The number of hydrogen-bond donors (Lipinski definition) is 0. The summed E-state index contributed by atoms with van der Waals surface area (Å²) in [5.74, 6) is -0.953. The first-order valence-electron chi connectivity index (χ1n) is 8.15. The minimum Gasteiger partial charge on any atom is -0.454 e. The zero-order chi connectivity index (χ0) is 20.5. The number of halogens is 2. The first kappa shape index (κ1) is 19.9. The number of aromatic nitrogens is 2. The summed E-state index contributed by atoms with van der Waals surface area (Å²) in [6.45, 7) is -3.34. The minimum atomic E-state index is -3.73. The third kappa shape index (κ3) is 3.73. The standard InChI is InChI=1S/C18H17F2N3O4S/c1-22(2)28(25,26)13-7-5-6-12(10-13)17(24)27-11-16-21-14-8-3-4-9-15(14)23(16)18(19)20/h3-10,18H,11H2,1-2H3. The lowest BCUT2D eigenvalue weighted by molar-refractivity contribution is 0.0387. The molecule has 3 aromatic rings. The van der Waals surface area contributed by atoms with Gasteiger partial charge >= 0.3 is 12.5 Å². The number of hydrogen-bond acceptors (Lipinski definition) is 5. The Balaban J connectivity index is 1.84. The van der Waals surface area contributed by atoms with Gasteiger partial charge in [-0.1, -0.05) is 18.2 Å². The van der Waals surface area contributed by atoms with Crippen LogP contribution in [-0.2, 0) is 21.4 Å². The van der Waals surface area contributed by atoms with Gasteiger partial charge in [0.15, 0.2) is 5.82 Å². The van der Waals surface area contributed by atoms with Gasteiger partial charge in [0.2, 0.25) is 10.0 Å². The largest absolute Gasteiger partial charge is 0.454 e. The van der Waals surface area contributed by atoms with Crippen molar-refractivity contribution in [3.8, 4) is 0 Å². The predicted octanol–water partition coefficient (Wildman–Crippen LogP) is 3.04. The summed E-state index contributed by atoms with van der Waals surface area (Å²) in [6, 6.07) is 11.7. The van der Waals surface area contributed by atoms with Crippen molar-refractivity contribution >= 4 is 27.0 Å². The maximum absolute atomic E-state index is 13.4. The number of rotatable bonds is 6. The summed E-state index contributed by atoms with van der Waals surface area (Å²) in [7, 11) is -0.985. The molecule has 1 heterocycles. The normalized spacial score (nSPS) is 12.1. The van der Waals surface area contributed by atoms with E-state index in [1.807, 2.05) is 0 Å². The van der Waals surface area contributed by atoms with Gasteiger partial charge in [-0.25, -0.2) is 22.5 Å². The SMILES string of the molecule is CN(C)S(=O)(=O)c1cccc(C(=O)OCc2nc3ccccc3n2C(F)F)c1. The van der Waals surface area contributed by atoms with Crippen molar-refractivity contribution in [2.45, 2.75) is 18.1 Å². The van der Waals surface area contributed by atoms with Crippen molar-refractivity contribution in [3.05, 3.63) is 59.9 Å². The van der Waals surface area contributed by atoms with Gasteiger partial charge in [-0.3, -0.25) is 4.57 Å². The van der Waals surface area contributed by atoms with Crippen LogP contribution in [0.25, 0.3) is 11.0 Å². The number of sulfonamides is 1. The molecule has 2 aromatic carbocycles. The predicted molar refractivity (Wildman–Crippen MR) is 97.4 cm³/mol. The number of alkyl halides is 2. The Bertz CT molecular complexity index is 1130. The number of imidazole rings is 1. The molecule has 0 aliphatic heterocycles. The second kappa shape index (κ2) is 7.64. The van der Waals surface area contributed by atoms with Crippen LogP contribution in [-0.4, -0.2) is 42.3 Å². The van der Waals surface area contributed by atoms with Crippen molar-refractivity contribution in [1.29, 1.82) is 0 Å². The molecule has 1 aromatic heterocycles. The fourth-order valence-electron chi connectivity index (χ4n) is 2.62. The molecule has 0 saturated heterocycles. The molecule has 0 atom stereocenters. The molecule has 0 aliphatic carbocycles. The van der Waals surface area contributed by atoms with Crippen molar-refractivity contribution in [1.82, 2.24) is 13.9 Å². The van der Waals surface area contributed by atoms with Crippen LogP contribution in [0.1, 0.15) is 22.7 Å². The van der Waals surface area contributed by atoms with E-state index in [2.05, 4.69) is 4.98 Å². The molecule has 3 rings (SSSR count). The average Bonchev–Trinajstić information content (AvgIpc) is 3.04. The quantitative estimate of drug-likeness (QED) is 0.585. The van der Waals surface area contributed by atoms with Gasteiger partial charge in [0, 0.05) is 14.1 Å². The highest BCUT2D eigenvalue weighted by Crippen LogP contribution is 2.24. The van der Waals surface area contributed by atoms with Crippen LogP contribution in [0.3, 0.4) is 0 Å². The molecule has 10 heteroatoms. The van der Waals surface area contributed by atoms with Gasteiger partial charge in [-0.15, -0.1) is 0 Å². The summed E-state index contributed by atoms with van der Waals surface area (Å²) >= 11 is 0. The Kier molecular flexibility index (Phi) is 5.43. The zero-order valence-corrected chi connectivity index (χ0v) is 15.9. The maximum Gasteiger partial charge on any atom is 0.338 e. The van der Waals surface area contributed by atoms with Crippen LogP contribution in [0.5, 0.6) is 0 Å². The fraction of sp³-hybridized carbons (Fsp3) is 0.222. The van der Waals surface area contributed by atoms with Gasteiger partial charge in [-0.2, -0.15) is 8.78 Å². The van der Waals surface area contributed by atoms with E-state index in [4.69, 9.17) is 4.74 Å². The van der Waals surface area contributed by atoms with Crippen molar-refractivity contribution < 1.29 is 26.7 Å². The van der Waals surface area contributed by atoms with Crippen LogP contribution in [0.2, 0.25) is 0 Å². The Morgan fingerprint density at radius 3 is 2.57 bits per heavy atom. The molecule has 0 saturated carbocycles. The number of carbonyl (C=O) groups is 1. The highest BCUT2D eigenvalue weighted by molar-refractivity contribution is 7.89. The lowest BCUT2D eigenvalue weighted by Gasteiger charge is -2.12. The van der Waals surface area contributed by atoms with E-state index in [-0.39, 0.29) is 21.8 Å². The second-order valence-electron chi connectivity index (χ2n) is 6.06. The van der Waals surface area contributed by atoms with Crippen LogP contribution < -0.4 is 0 Å². The van der Waals surface area contributed by atoms with E-state index in [1.165, 1.54) is 44.4 Å². The van der Waals surface area contributed by atoms with E-state index in [0.29, 0.717) is 10.1 Å². The molecule has 0 aliphatic rings. The highest BCUT2D eigenvalue weighted by Gasteiger charge is 2.21. The van der Waals surface area contributed by atoms with Gasteiger partial charge in [0.25, 0.3) is 0 Å². The molecule has 0 amide bonds. The smallest absolute Gasteiger partial charge is 0.338 e. The third-order valence-corrected chi connectivity index (χ3v) is 5.86. The van der Waals surface area contributed by atoms with Crippen LogP contribution in [0.15, 0.2) is 53.4 Å². The Hall–Kier alpha value is -2.85. The van der Waals surface area contributed by atoms with E-state index < -0.39 is 29.1 Å². The molecule has 7 nitrogen and oxygen atoms in total. The molecule has 148 valence electrons. The second-order valence-corrected chi connectivity index (χ2v) is 8.21. The summed E-state index contributed by atoms with van der Waals surface area (Å²) in [5.41, 5.74) is 0.568. The van der Waals surface area contributed by atoms with Crippen molar-refractivity contribution in [3.63, 3.8) is 0 Å². The molecule has 0 N–H and O–H groups in total. The number of esters is 1. The number of benzene rings is 2. The summed E-state index contributed by atoms with van der Waals surface area (Å²) in [6.07, 6.45) is 0. The Morgan fingerprint density at radius 2 is 1.89 bits per heavy atom. The zero-order valence-electron chi connectivity index (χ0n) is 15.0. The monoisotopic (exact) mass is 409 g/mol. The molecule has 0 unspecified atom stereocenters. The van der Waals surface area contributed by atoms with E-state index >= 15 is 0 Å². The van der Waals surface area contributed by atoms with Crippen LogP contribution in [0.4, 0.5) is 8.78 Å². The molecule has 0 radical (unpaired) electrons. The average molecular weight is 409 g/mol. The summed E-state index contributed by atoms with van der Waals surface area (Å²) in [5, 5.41) is 0. The number of fused-ring (bicyclic) bond motifs is 1. The van der Waals surface area contributed by atoms with Crippen molar-refractivity contribution in [2.24, 2.45) is 0 Å². The Labute approximate surface area is 160 Å². The number of carbonyl (C=O) groups excluding carboxylic acids is 1. The molecular weight excluding hydrogens is 392 g/mol. The van der Waals surface area contributed by atoms with Gasteiger partial charge in [-0.05, 0) is 30.3 Å². The van der Waals surface area contributed by atoms with E-state index in [0.717, 1.165) is 4.31 Å². The first-order valence-corrected chi connectivity index (χ1v) is 9.59. The third-order valence-electron chi connectivity index (χ3n) is 4.04. The van der Waals surface area contributed by atoms with Crippen LogP contribution >= 0.6 is 0 Å². The van der Waals surface area contributed by atoms with Crippen LogP contribution in [0, 0.1) is 0 Å². The first-order chi connectivity index (χ1) is 13.2. The number of nitrogens with zero attached hydrogens (tertiary/aromatic N) is 3. The minimum absolute atomic E-state index is 0.0115. The lowest BCUT2D eigenvalue weighted by atomic mass is 10.2. The maximum atomic E-state index is 13.4. The lowest BCUT2D eigenvalue weighted by Crippen LogP contribution is -2.22. The molecule has 0 bridgehead atoms. The van der Waals surface area contributed by atoms with E-state index in [1.54, 1.807) is 18.2 Å². The highest BCUT2D eigenvalue weighted by atomic mass is 32.2. The fourth-order valence-corrected chi connectivity index (χ4v) is 3.57.